The van der Waals surface area contributed by atoms with Crippen LogP contribution in [0.3, 0.4) is 0 Å². The van der Waals surface area contributed by atoms with E-state index in [1.807, 2.05) is 18.2 Å². The molecule has 0 aromatic heterocycles. The third kappa shape index (κ3) is 6.34. The number of esters is 1. The molecule has 106 valence electrons. The van der Waals surface area contributed by atoms with Gasteiger partial charge in [-0.1, -0.05) is 36.4 Å². The molecule has 0 saturated carbocycles. The van der Waals surface area contributed by atoms with Crippen molar-refractivity contribution >= 4 is 17.7 Å². The first-order valence-electron chi connectivity index (χ1n) is 6.09. The number of guanidine groups is 1. The van der Waals surface area contributed by atoms with Crippen LogP contribution < -0.4 is 11.1 Å². The van der Waals surface area contributed by atoms with Gasteiger partial charge in [0.25, 0.3) is 5.78 Å². The van der Waals surface area contributed by atoms with Crippen molar-refractivity contribution in [1.29, 1.82) is 5.41 Å². The van der Waals surface area contributed by atoms with Crippen molar-refractivity contribution in [1.82, 2.24) is 5.32 Å². The Balaban J connectivity index is 2.27. The fourth-order valence-electron chi connectivity index (χ4n) is 1.34. The number of carbonyl (C=O) groups excluding carboxylic acids is 2. The highest BCUT2D eigenvalue weighted by molar-refractivity contribution is 6.38. The lowest BCUT2D eigenvalue weighted by Gasteiger charge is -2.02. The van der Waals surface area contributed by atoms with Crippen LogP contribution in [0.2, 0.25) is 0 Å². The van der Waals surface area contributed by atoms with E-state index in [2.05, 4.69) is 5.32 Å². The number of nitrogens with one attached hydrogen (secondary N) is 2. The molecule has 1 aromatic carbocycles. The van der Waals surface area contributed by atoms with Crippen LogP contribution in [-0.4, -0.2) is 24.3 Å². The molecule has 0 unspecified atom stereocenters. The molecule has 0 heterocycles. The van der Waals surface area contributed by atoms with Gasteiger partial charge in [0, 0.05) is 6.54 Å². The van der Waals surface area contributed by atoms with Gasteiger partial charge in [-0.2, -0.15) is 0 Å². The molecule has 1 rings (SSSR count). The van der Waals surface area contributed by atoms with Crippen molar-refractivity contribution in [2.45, 2.75) is 13.0 Å². The van der Waals surface area contributed by atoms with Gasteiger partial charge in [-0.05, 0) is 18.1 Å². The number of hydrogen-bond donors (Lipinski definition) is 3. The van der Waals surface area contributed by atoms with Gasteiger partial charge in [-0.15, -0.1) is 0 Å². The van der Waals surface area contributed by atoms with Gasteiger partial charge in [0.1, 0.15) is 6.61 Å². The Kier molecular flexibility index (Phi) is 6.53. The molecule has 4 N–H and O–H groups in total. The van der Waals surface area contributed by atoms with Crippen LogP contribution in [0.25, 0.3) is 0 Å². The SMILES string of the molecule is N=C(N)NCC/C=C/C(=O)C(=O)OCc1ccccc1. The highest BCUT2D eigenvalue weighted by Crippen LogP contribution is 2.01. The fourth-order valence-corrected chi connectivity index (χ4v) is 1.34. The summed E-state index contributed by atoms with van der Waals surface area (Å²) in [7, 11) is 0. The van der Waals surface area contributed by atoms with Gasteiger partial charge in [0.15, 0.2) is 5.96 Å². The molecule has 0 atom stereocenters. The Hall–Kier alpha value is -2.63. The lowest BCUT2D eigenvalue weighted by Crippen LogP contribution is -2.30. The Morgan fingerprint density at radius 1 is 1.30 bits per heavy atom. The van der Waals surface area contributed by atoms with Gasteiger partial charge in [-0.3, -0.25) is 10.2 Å². The number of ketones is 1. The third-order valence-electron chi connectivity index (χ3n) is 2.31. The van der Waals surface area contributed by atoms with E-state index in [9.17, 15) is 9.59 Å². The minimum absolute atomic E-state index is 0.0745. The van der Waals surface area contributed by atoms with Gasteiger partial charge >= 0.3 is 5.97 Å². The van der Waals surface area contributed by atoms with Gasteiger partial charge in [-0.25, -0.2) is 4.79 Å². The Labute approximate surface area is 117 Å². The number of carbonyl (C=O) groups is 2. The summed E-state index contributed by atoms with van der Waals surface area (Å²) >= 11 is 0. The summed E-state index contributed by atoms with van der Waals surface area (Å²) in [6, 6.07) is 9.12. The largest absolute Gasteiger partial charge is 0.455 e. The second kappa shape index (κ2) is 8.47. The highest BCUT2D eigenvalue weighted by atomic mass is 16.5. The Morgan fingerprint density at radius 3 is 2.65 bits per heavy atom. The Morgan fingerprint density at radius 2 is 2.00 bits per heavy atom. The van der Waals surface area contributed by atoms with E-state index in [-0.39, 0.29) is 12.6 Å². The zero-order valence-electron chi connectivity index (χ0n) is 11.0. The molecule has 0 aliphatic rings. The van der Waals surface area contributed by atoms with Crippen molar-refractivity contribution < 1.29 is 14.3 Å². The van der Waals surface area contributed by atoms with Gasteiger partial charge in [0.05, 0.1) is 0 Å². The monoisotopic (exact) mass is 275 g/mol. The van der Waals surface area contributed by atoms with Gasteiger partial charge in [0.2, 0.25) is 0 Å². The van der Waals surface area contributed by atoms with E-state index >= 15 is 0 Å². The highest BCUT2D eigenvalue weighted by Gasteiger charge is 2.11. The molecule has 0 spiro atoms. The van der Waals surface area contributed by atoms with Crippen molar-refractivity contribution in [2.75, 3.05) is 6.54 Å². The van der Waals surface area contributed by atoms with E-state index in [0.717, 1.165) is 11.6 Å². The predicted octanol–water partition coefficient (Wildman–Crippen LogP) is 0.728. The maximum atomic E-state index is 11.4. The van der Waals surface area contributed by atoms with E-state index < -0.39 is 11.8 Å². The molecular formula is C14H17N3O3. The molecule has 6 heteroatoms. The van der Waals surface area contributed by atoms with Crippen LogP contribution in [-0.2, 0) is 20.9 Å². The lowest BCUT2D eigenvalue weighted by atomic mass is 10.2. The van der Waals surface area contributed by atoms with Crippen LogP contribution in [0.15, 0.2) is 42.5 Å². The Bertz CT molecular complexity index is 498. The molecule has 0 radical (unpaired) electrons. The number of rotatable bonds is 7. The molecule has 1 aromatic rings. The summed E-state index contributed by atoms with van der Waals surface area (Å²) in [5, 5.41) is 9.50. The second-order valence-corrected chi connectivity index (χ2v) is 3.96. The third-order valence-corrected chi connectivity index (χ3v) is 2.31. The fraction of sp³-hybridized carbons (Fsp3) is 0.214. The van der Waals surface area contributed by atoms with Crippen molar-refractivity contribution in [3.8, 4) is 0 Å². The van der Waals surface area contributed by atoms with Crippen molar-refractivity contribution in [3.63, 3.8) is 0 Å². The summed E-state index contributed by atoms with van der Waals surface area (Å²) in [5.74, 6) is -1.72. The molecule has 0 amide bonds. The quantitative estimate of drug-likeness (QED) is 0.170. The normalized spacial score (nSPS) is 10.2. The van der Waals surface area contributed by atoms with E-state index in [0.29, 0.717) is 13.0 Å². The van der Waals surface area contributed by atoms with Crippen LogP contribution in [0.1, 0.15) is 12.0 Å². The van der Waals surface area contributed by atoms with Crippen molar-refractivity contribution in [3.05, 3.63) is 48.0 Å². The van der Waals surface area contributed by atoms with Crippen LogP contribution in [0.4, 0.5) is 0 Å². The number of hydrogen-bond acceptors (Lipinski definition) is 4. The zero-order chi connectivity index (χ0) is 14.8. The zero-order valence-corrected chi connectivity index (χ0v) is 11.0. The molecular weight excluding hydrogens is 258 g/mol. The topological polar surface area (TPSA) is 105 Å². The maximum Gasteiger partial charge on any atom is 0.379 e. The van der Waals surface area contributed by atoms with E-state index in [1.54, 1.807) is 12.1 Å². The molecule has 20 heavy (non-hydrogen) atoms. The van der Waals surface area contributed by atoms with Crippen LogP contribution in [0, 0.1) is 5.41 Å². The maximum absolute atomic E-state index is 11.4. The molecule has 0 fully saturated rings. The minimum Gasteiger partial charge on any atom is -0.455 e. The van der Waals surface area contributed by atoms with Crippen LogP contribution >= 0.6 is 0 Å². The first kappa shape index (κ1) is 15.4. The first-order chi connectivity index (χ1) is 9.59. The lowest BCUT2D eigenvalue weighted by molar-refractivity contribution is -0.152. The molecule has 0 bridgehead atoms. The van der Waals surface area contributed by atoms with Crippen molar-refractivity contribution in [2.24, 2.45) is 5.73 Å². The number of benzene rings is 1. The van der Waals surface area contributed by atoms with Gasteiger partial charge < -0.3 is 15.8 Å². The summed E-state index contributed by atoms with van der Waals surface area (Å²) in [4.78, 5) is 22.8. The standard InChI is InChI=1S/C14H17N3O3/c15-14(16)17-9-5-4-8-12(18)13(19)20-10-11-6-2-1-3-7-11/h1-4,6-8H,5,9-10H2,(H4,15,16,17)/b8-4+. The number of ether oxygens (including phenoxy) is 1. The smallest absolute Gasteiger partial charge is 0.379 e. The minimum atomic E-state index is -0.885. The average molecular weight is 275 g/mol. The summed E-state index contributed by atoms with van der Waals surface area (Å²) in [6.07, 6.45) is 3.18. The first-order valence-corrected chi connectivity index (χ1v) is 6.09. The molecule has 0 aliphatic carbocycles. The van der Waals surface area contributed by atoms with E-state index in [1.165, 1.54) is 6.08 Å². The summed E-state index contributed by atoms with van der Waals surface area (Å²) in [6.45, 7) is 0.503. The number of nitrogens with two attached hydrogens (primary N) is 1. The average Bonchev–Trinajstić information content (AvgIpc) is 2.45. The molecule has 0 aliphatic heterocycles. The van der Waals surface area contributed by atoms with E-state index in [4.69, 9.17) is 15.9 Å². The summed E-state index contributed by atoms with van der Waals surface area (Å²) in [5.41, 5.74) is 5.91. The molecule has 0 saturated heterocycles. The van der Waals surface area contributed by atoms with Crippen LogP contribution in [0.5, 0.6) is 0 Å². The summed E-state index contributed by atoms with van der Waals surface area (Å²) < 4.78 is 4.88. The second-order valence-electron chi connectivity index (χ2n) is 3.96. The predicted molar refractivity (Wildman–Crippen MR) is 74.9 cm³/mol. The molecule has 6 nitrogen and oxygen atoms in total.